The summed E-state index contributed by atoms with van der Waals surface area (Å²) in [6.07, 6.45) is 6.21. The molecule has 0 radical (unpaired) electrons. The van der Waals surface area contributed by atoms with E-state index < -0.39 is 0 Å². The predicted molar refractivity (Wildman–Crippen MR) is 43.8 cm³/mol. The van der Waals surface area contributed by atoms with Crippen LogP contribution >= 0.6 is 0 Å². The zero-order valence-electron chi connectivity index (χ0n) is 7.14. The molecule has 0 amide bonds. The molecule has 0 aliphatic heterocycles. The lowest BCUT2D eigenvalue weighted by Crippen LogP contribution is -2.14. The van der Waals surface area contributed by atoms with Gasteiger partial charge in [0.15, 0.2) is 0 Å². The Balaban J connectivity index is 1.88. The summed E-state index contributed by atoms with van der Waals surface area (Å²) < 4.78 is 0. The minimum absolute atomic E-state index is 0.946. The van der Waals surface area contributed by atoms with Crippen LogP contribution in [0.4, 0.5) is 0 Å². The van der Waals surface area contributed by atoms with Gasteiger partial charge in [-0.25, -0.2) is 0 Å². The predicted octanol–water partition coefficient (Wildman–Crippen LogP) is 3.08. The van der Waals surface area contributed by atoms with E-state index in [1.165, 1.54) is 18.3 Å². The van der Waals surface area contributed by atoms with Crippen molar-refractivity contribution in [1.29, 1.82) is 0 Å². The molecule has 0 heteroatoms. The average molecular weight is 138 g/mol. The summed E-state index contributed by atoms with van der Waals surface area (Å²) in [5.74, 6) is 4.36. The first-order valence-electron chi connectivity index (χ1n) is 4.77. The monoisotopic (exact) mass is 138 g/mol. The van der Waals surface area contributed by atoms with Crippen LogP contribution in [0, 0.1) is 23.7 Å². The third-order valence-electron chi connectivity index (χ3n) is 3.53. The summed E-state index contributed by atoms with van der Waals surface area (Å²) in [7, 11) is 0. The molecule has 0 aromatic rings. The second kappa shape index (κ2) is 2.25. The molecule has 1 unspecified atom stereocenters. The van der Waals surface area contributed by atoms with E-state index in [0.717, 1.165) is 11.8 Å². The van der Waals surface area contributed by atoms with Crippen LogP contribution < -0.4 is 0 Å². The van der Waals surface area contributed by atoms with Crippen molar-refractivity contribution in [3.05, 3.63) is 0 Å². The molecule has 0 aromatic carbocycles. The first-order chi connectivity index (χ1) is 4.77. The number of hydrogen-bond donors (Lipinski definition) is 0. The summed E-state index contributed by atoms with van der Waals surface area (Å²) in [5.41, 5.74) is 0. The molecule has 2 aliphatic carbocycles. The summed E-state index contributed by atoms with van der Waals surface area (Å²) >= 11 is 0. The fraction of sp³-hybridized carbons (Fsp3) is 1.00. The van der Waals surface area contributed by atoms with Gasteiger partial charge in [-0.2, -0.15) is 0 Å². The van der Waals surface area contributed by atoms with Crippen molar-refractivity contribution < 1.29 is 0 Å². The Hall–Kier alpha value is 0. The van der Waals surface area contributed by atoms with E-state index in [2.05, 4.69) is 13.8 Å². The molecule has 10 heavy (non-hydrogen) atoms. The van der Waals surface area contributed by atoms with Gasteiger partial charge in [-0.15, -0.1) is 0 Å². The van der Waals surface area contributed by atoms with E-state index in [1.807, 2.05) is 0 Å². The van der Waals surface area contributed by atoms with Crippen molar-refractivity contribution in [2.45, 2.75) is 39.5 Å². The van der Waals surface area contributed by atoms with Crippen molar-refractivity contribution in [2.24, 2.45) is 23.7 Å². The fourth-order valence-corrected chi connectivity index (χ4v) is 2.49. The zero-order valence-corrected chi connectivity index (χ0v) is 7.14. The van der Waals surface area contributed by atoms with Gasteiger partial charge in [0.2, 0.25) is 0 Å². The Kier molecular flexibility index (Phi) is 1.51. The van der Waals surface area contributed by atoms with Gasteiger partial charge in [0.1, 0.15) is 0 Å². The zero-order chi connectivity index (χ0) is 7.14. The first kappa shape index (κ1) is 6.69. The maximum atomic E-state index is 2.38. The van der Waals surface area contributed by atoms with Crippen LogP contribution in [0.5, 0.6) is 0 Å². The van der Waals surface area contributed by atoms with E-state index in [1.54, 1.807) is 19.3 Å². The highest BCUT2D eigenvalue weighted by Crippen LogP contribution is 2.52. The summed E-state index contributed by atoms with van der Waals surface area (Å²) in [5, 5.41) is 0. The minimum atomic E-state index is 0.946. The SMILES string of the molecule is CC(C)C1CC[C@@H]2C[C@@H]2C1. The molecule has 2 aliphatic rings. The van der Waals surface area contributed by atoms with Gasteiger partial charge in [0.25, 0.3) is 0 Å². The molecule has 2 fully saturated rings. The lowest BCUT2D eigenvalue weighted by molar-refractivity contribution is 0.269. The lowest BCUT2D eigenvalue weighted by atomic mass is 9.82. The highest BCUT2D eigenvalue weighted by molar-refractivity contribution is 4.92. The normalized spacial score (nSPS) is 45.3. The third-order valence-corrected chi connectivity index (χ3v) is 3.53. The van der Waals surface area contributed by atoms with Crippen molar-refractivity contribution >= 4 is 0 Å². The molecule has 2 rings (SSSR count). The van der Waals surface area contributed by atoms with Crippen LogP contribution in [-0.2, 0) is 0 Å². The molecule has 0 nitrogen and oxygen atoms in total. The van der Waals surface area contributed by atoms with Gasteiger partial charge in [0, 0.05) is 0 Å². The van der Waals surface area contributed by atoms with Crippen molar-refractivity contribution in [3.8, 4) is 0 Å². The largest absolute Gasteiger partial charge is 0.0625 e. The summed E-state index contributed by atoms with van der Waals surface area (Å²) in [6.45, 7) is 4.76. The molecule has 2 saturated carbocycles. The highest BCUT2D eigenvalue weighted by Gasteiger charge is 2.42. The van der Waals surface area contributed by atoms with Crippen molar-refractivity contribution in [1.82, 2.24) is 0 Å². The third kappa shape index (κ3) is 1.09. The van der Waals surface area contributed by atoms with E-state index in [9.17, 15) is 0 Å². The van der Waals surface area contributed by atoms with E-state index in [-0.39, 0.29) is 0 Å². The van der Waals surface area contributed by atoms with Gasteiger partial charge in [0.05, 0.1) is 0 Å². The summed E-state index contributed by atoms with van der Waals surface area (Å²) in [4.78, 5) is 0. The highest BCUT2D eigenvalue weighted by atomic mass is 14.5. The molecule has 58 valence electrons. The lowest BCUT2D eigenvalue weighted by Gasteiger charge is -2.24. The average Bonchev–Trinajstić information content (AvgIpc) is 2.63. The molecule has 0 aromatic heterocycles. The first-order valence-corrected chi connectivity index (χ1v) is 4.77. The number of hydrogen-bond acceptors (Lipinski definition) is 0. The second-order valence-electron chi connectivity index (χ2n) is 4.57. The Morgan fingerprint density at radius 3 is 2.40 bits per heavy atom. The van der Waals surface area contributed by atoms with Gasteiger partial charge < -0.3 is 0 Å². The van der Waals surface area contributed by atoms with Crippen LogP contribution in [0.3, 0.4) is 0 Å². The van der Waals surface area contributed by atoms with E-state index in [0.29, 0.717) is 0 Å². The van der Waals surface area contributed by atoms with E-state index in [4.69, 9.17) is 0 Å². The Labute approximate surface area is 64.0 Å². The van der Waals surface area contributed by atoms with Crippen LogP contribution in [0.1, 0.15) is 39.5 Å². The van der Waals surface area contributed by atoms with Crippen molar-refractivity contribution in [2.75, 3.05) is 0 Å². The maximum Gasteiger partial charge on any atom is -0.0380 e. The molecule has 0 N–H and O–H groups in total. The molecular weight excluding hydrogens is 120 g/mol. The maximum absolute atomic E-state index is 2.38. The van der Waals surface area contributed by atoms with Gasteiger partial charge in [-0.3, -0.25) is 0 Å². The van der Waals surface area contributed by atoms with Crippen molar-refractivity contribution in [3.63, 3.8) is 0 Å². The van der Waals surface area contributed by atoms with Crippen LogP contribution in [-0.4, -0.2) is 0 Å². The van der Waals surface area contributed by atoms with Crippen LogP contribution in [0.2, 0.25) is 0 Å². The molecule has 0 saturated heterocycles. The van der Waals surface area contributed by atoms with Gasteiger partial charge in [-0.05, 0) is 49.4 Å². The molecule has 0 spiro atoms. The van der Waals surface area contributed by atoms with E-state index >= 15 is 0 Å². The standard InChI is InChI=1S/C10H18/c1-7(2)8-3-4-9-6-10(9)5-8/h7-10H,3-6H2,1-2H3/t8?,9-,10+/m1/s1. The molecular formula is C10H18. The fourth-order valence-electron chi connectivity index (χ4n) is 2.49. The number of fused-ring (bicyclic) bond motifs is 1. The number of rotatable bonds is 1. The second-order valence-corrected chi connectivity index (χ2v) is 4.57. The van der Waals surface area contributed by atoms with Crippen LogP contribution in [0.25, 0.3) is 0 Å². The Morgan fingerprint density at radius 1 is 1.00 bits per heavy atom. The van der Waals surface area contributed by atoms with Gasteiger partial charge in [-0.1, -0.05) is 13.8 Å². The Bertz CT molecular complexity index is 126. The smallest absolute Gasteiger partial charge is 0.0380 e. The van der Waals surface area contributed by atoms with Gasteiger partial charge >= 0.3 is 0 Å². The quantitative estimate of drug-likeness (QED) is 0.522. The topological polar surface area (TPSA) is 0 Å². The molecule has 3 atom stereocenters. The minimum Gasteiger partial charge on any atom is -0.0625 e. The summed E-state index contributed by atoms with van der Waals surface area (Å²) in [6, 6.07) is 0. The van der Waals surface area contributed by atoms with Crippen LogP contribution in [0.15, 0.2) is 0 Å². The Morgan fingerprint density at radius 2 is 1.80 bits per heavy atom. The molecule has 0 bridgehead atoms. The molecule has 0 heterocycles.